The van der Waals surface area contributed by atoms with Gasteiger partial charge in [0.05, 0.1) is 26.3 Å². The van der Waals surface area contributed by atoms with Crippen molar-refractivity contribution in [3.63, 3.8) is 0 Å². The molecule has 2 aromatic heterocycles. The molecular weight excluding hydrogens is 316 g/mol. The van der Waals surface area contributed by atoms with E-state index in [2.05, 4.69) is 4.98 Å². The van der Waals surface area contributed by atoms with Crippen molar-refractivity contribution in [3.8, 4) is 22.8 Å². The van der Waals surface area contributed by atoms with Gasteiger partial charge in [0, 0.05) is 22.3 Å². The second-order valence-electron chi connectivity index (χ2n) is 5.03. The van der Waals surface area contributed by atoms with Crippen LogP contribution in [0.15, 0.2) is 23.6 Å². The number of hydrogen-bond acceptors (Lipinski definition) is 5. The lowest BCUT2D eigenvalue weighted by Crippen LogP contribution is -2.03. The molecule has 0 saturated carbocycles. The number of aliphatic carboxylic acids is 1. The van der Waals surface area contributed by atoms with Crippen molar-refractivity contribution >= 4 is 22.3 Å². The van der Waals surface area contributed by atoms with Gasteiger partial charge in [-0.1, -0.05) is 0 Å². The number of fused-ring (bicyclic) bond motifs is 1. The molecule has 0 amide bonds. The first kappa shape index (κ1) is 15.4. The Kier molecular flexibility index (Phi) is 3.96. The Labute approximate surface area is 136 Å². The van der Waals surface area contributed by atoms with Crippen molar-refractivity contribution in [2.75, 3.05) is 14.2 Å². The molecule has 3 rings (SSSR count). The van der Waals surface area contributed by atoms with E-state index in [1.165, 1.54) is 11.3 Å². The van der Waals surface area contributed by atoms with Crippen molar-refractivity contribution in [3.05, 3.63) is 35.0 Å². The van der Waals surface area contributed by atoms with Crippen LogP contribution in [0.2, 0.25) is 0 Å². The van der Waals surface area contributed by atoms with Gasteiger partial charge in [-0.15, -0.1) is 11.3 Å². The fourth-order valence-corrected chi connectivity index (χ4v) is 3.53. The van der Waals surface area contributed by atoms with Crippen LogP contribution >= 0.6 is 11.3 Å². The summed E-state index contributed by atoms with van der Waals surface area (Å²) >= 11 is 1.43. The summed E-state index contributed by atoms with van der Waals surface area (Å²) in [4.78, 5) is 16.4. The lowest BCUT2D eigenvalue weighted by Gasteiger charge is -2.09. The Morgan fingerprint density at radius 1 is 1.35 bits per heavy atom. The molecule has 0 atom stereocenters. The van der Waals surface area contributed by atoms with E-state index in [1.54, 1.807) is 14.2 Å². The summed E-state index contributed by atoms with van der Waals surface area (Å²) in [6.07, 6.45) is -0.0358. The number of aryl methyl sites for hydroxylation is 1. The molecule has 0 saturated heterocycles. The molecule has 0 bridgehead atoms. The zero-order valence-corrected chi connectivity index (χ0v) is 13.8. The topological polar surface area (TPSA) is 73.1 Å². The predicted octanol–water partition coefficient (Wildman–Crippen LogP) is 3.02. The Bertz CT molecular complexity index is 882. The number of thiazole rings is 1. The highest BCUT2D eigenvalue weighted by Gasteiger charge is 2.19. The second kappa shape index (κ2) is 5.92. The van der Waals surface area contributed by atoms with Crippen molar-refractivity contribution in [1.29, 1.82) is 0 Å². The van der Waals surface area contributed by atoms with Gasteiger partial charge in [0.1, 0.15) is 11.5 Å². The largest absolute Gasteiger partial charge is 0.497 e. The summed E-state index contributed by atoms with van der Waals surface area (Å²) in [5.74, 6) is 0.542. The molecule has 6 nitrogen and oxygen atoms in total. The monoisotopic (exact) mass is 332 g/mol. The van der Waals surface area contributed by atoms with Gasteiger partial charge in [0.15, 0.2) is 4.96 Å². The lowest BCUT2D eigenvalue weighted by molar-refractivity contribution is -0.136. The molecule has 23 heavy (non-hydrogen) atoms. The molecule has 2 heterocycles. The summed E-state index contributed by atoms with van der Waals surface area (Å²) < 4.78 is 12.6. The van der Waals surface area contributed by atoms with E-state index >= 15 is 0 Å². The summed E-state index contributed by atoms with van der Waals surface area (Å²) in [7, 11) is 3.21. The molecule has 1 N–H and O–H groups in total. The Balaban J connectivity index is 2.19. The summed E-state index contributed by atoms with van der Waals surface area (Å²) in [6, 6.07) is 5.53. The van der Waals surface area contributed by atoms with Crippen LogP contribution in [0.1, 0.15) is 11.4 Å². The Hall–Kier alpha value is -2.54. The molecule has 1 aromatic carbocycles. The van der Waals surface area contributed by atoms with Crippen LogP contribution < -0.4 is 9.47 Å². The van der Waals surface area contributed by atoms with Crippen molar-refractivity contribution in [2.24, 2.45) is 0 Å². The standard InChI is InChI=1S/C16H16N2O4S/c1-9-15(12-7-11(21-2)4-5-13(12)22-3)17-16-18(9)10(8-23-16)6-14(19)20/h4-5,7-8H,6H2,1-3H3,(H,19,20). The normalized spacial score (nSPS) is 10.9. The van der Waals surface area contributed by atoms with Crippen molar-refractivity contribution in [2.45, 2.75) is 13.3 Å². The molecule has 0 unspecified atom stereocenters. The number of carbonyl (C=O) groups is 1. The van der Waals surface area contributed by atoms with E-state index in [0.29, 0.717) is 11.5 Å². The Morgan fingerprint density at radius 2 is 2.13 bits per heavy atom. The summed E-state index contributed by atoms with van der Waals surface area (Å²) in [5.41, 5.74) is 3.18. The molecule has 0 aliphatic heterocycles. The minimum absolute atomic E-state index is 0.0358. The minimum Gasteiger partial charge on any atom is -0.497 e. The van der Waals surface area contributed by atoms with Crippen LogP contribution in [0, 0.1) is 6.92 Å². The zero-order chi connectivity index (χ0) is 16.6. The van der Waals surface area contributed by atoms with E-state index in [-0.39, 0.29) is 6.42 Å². The first-order valence-electron chi connectivity index (χ1n) is 6.94. The highest BCUT2D eigenvalue weighted by molar-refractivity contribution is 7.15. The third-order valence-corrected chi connectivity index (χ3v) is 4.53. The number of methoxy groups -OCH3 is 2. The minimum atomic E-state index is -0.863. The highest BCUT2D eigenvalue weighted by Crippen LogP contribution is 2.36. The van der Waals surface area contributed by atoms with E-state index in [0.717, 1.165) is 27.6 Å². The van der Waals surface area contributed by atoms with Gasteiger partial charge in [-0.05, 0) is 25.1 Å². The number of aromatic nitrogens is 2. The van der Waals surface area contributed by atoms with E-state index in [9.17, 15) is 4.79 Å². The smallest absolute Gasteiger partial charge is 0.309 e. The number of benzene rings is 1. The molecule has 7 heteroatoms. The summed E-state index contributed by atoms with van der Waals surface area (Å²) in [6.45, 7) is 1.92. The van der Waals surface area contributed by atoms with Crippen LogP contribution in [-0.4, -0.2) is 34.7 Å². The SMILES string of the molecule is COc1ccc(OC)c(-c2nc3scc(CC(=O)O)n3c2C)c1. The van der Waals surface area contributed by atoms with Gasteiger partial charge in [-0.3, -0.25) is 9.20 Å². The van der Waals surface area contributed by atoms with Crippen LogP contribution in [0.25, 0.3) is 16.2 Å². The van der Waals surface area contributed by atoms with Gasteiger partial charge in [0.2, 0.25) is 0 Å². The van der Waals surface area contributed by atoms with Crippen LogP contribution in [-0.2, 0) is 11.2 Å². The van der Waals surface area contributed by atoms with Gasteiger partial charge in [-0.2, -0.15) is 0 Å². The number of rotatable bonds is 5. The predicted molar refractivity (Wildman–Crippen MR) is 87.7 cm³/mol. The molecular formula is C16H16N2O4S. The number of ether oxygens (including phenoxy) is 2. The maximum atomic E-state index is 11.0. The molecule has 3 aromatic rings. The molecule has 0 aliphatic carbocycles. The fraction of sp³-hybridized carbons (Fsp3) is 0.250. The number of carboxylic acid groups (broad SMARTS) is 1. The third kappa shape index (κ3) is 2.63. The number of nitrogens with zero attached hydrogens (tertiary/aromatic N) is 2. The zero-order valence-electron chi connectivity index (χ0n) is 13.0. The quantitative estimate of drug-likeness (QED) is 0.777. The fourth-order valence-electron chi connectivity index (χ4n) is 2.60. The van der Waals surface area contributed by atoms with Crippen LogP contribution in [0.3, 0.4) is 0 Å². The molecule has 0 radical (unpaired) electrons. The third-order valence-electron chi connectivity index (χ3n) is 3.66. The van der Waals surface area contributed by atoms with E-state index in [1.807, 2.05) is 34.9 Å². The maximum absolute atomic E-state index is 11.0. The molecule has 0 fully saturated rings. The van der Waals surface area contributed by atoms with Crippen LogP contribution in [0.4, 0.5) is 0 Å². The van der Waals surface area contributed by atoms with E-state index in [4.69, 9.17) is 14.6 Å². The number of carboxylic acids is 1. The average molecular weight is 332 g/mol. The molecule has 120 valence electrons. The van der Waals surface area contributed by atoms with Gasteiger partial charge in [0.25, 0.3) is 0 Å². The van der Waals surface area contributed by atoms with Gasteiger partial charge < -0.3 is 14.6 Å². The molecule has 0 aliphatic rings. The van der Waals surface area contributed by atoms with Crippen LogP contribution in [0.5, 0.6) is 11.5 Å². The van der Waals surface area contributed by atoms with Crippen molar-refractivity contribution in [1.82, 2.24) is 9.38 Å². The first-order valence-corrected chi connectivity index (χ1v) is 7.82. The lowest BCUT2D eigenvalue weighted by atomic mass is 10.1. The van der Waals surface area contributed by atoms with Crippen molar-refractivity contribution < 1.29 is 19.4 Å². The second-order valence-corrected chi connectivity index (χ2v) is 5.86. The first-order chi connectivity index (χ1) is 11.0. The molecule has 0 spiro atoms. The number of imidazole rings is 1. The van der Waals surface area contributed by atoms with E-state index < -0.39 is 5.97 Å². The maximum Gasteiger partial charge on any atom is 0.309 e. The highest BCUT2D eigenvalue weighted by atomic mass is 32.1. The summed E-state index contributed by atoms with van der Waals surface area (Å²) in [5, 5.41) is 10.9. The van der Waals surface area contributed by atoms with Gasteiger partial charge >= 0.3 is 5.97 Å². The number of hydrogen-bond donors (Lipinski definition) is 1. The average Bonchev–Trinajstić information content (AvgIpc) is 3.07. The van der Waals surface area contributed by atoms with Gasteiger partial charge in [-0.25, -0.2) is 4.98 Å². The Morgan fingerprint density at radius 3 is 2.78 bits per heavy atom.